The zero-order chi connectivity index (χ0) is 17.9. The van der Waals surface area contributed by atoms with Crippen molar-refractivity contribution in [3.05, 3.63) is 46.0 Å². The molecule has 0 saturated carbocycles. The Morgan fingerprint density at radius 3 is 2.67 bits per heavy atom. The number of aliphatic carboxylic acids is 1. The molecule has 0 aliphatic heterocycles. The van der Waals surface area contributed by atoms with Crippen molar-refractivity contribution in [1.29, 1.82) is 0 Å². The van der Waals surface area contributed by atoms with E-state index in [0.29, 0.717) is 0 Å². The van der Waals surface area contributed by atoms with Gasteiger partial charge in [-0.25, -0.2) is 9.37 Å². The van der Waals surface area contributed by atoms with Crippen LogP contribution in [0.15, 0.2) is 34.2 Å². The number of anilines is 2. The summed E-state index contributed by atoms with van der Waals surface area (Å²) in [6.07, 6.45) is 0. The van der Waals surface area contributed by atoms with Crippen LogP contribution in [-0.2, 0) is 4.79 Å². The lowest BCUT2D eigenvalue weighted by Gasteiger charge is -2.12. The summed E-state index contributed by atoms with van der Waals surface area (Å²) >= 11 is 0.725. The molecular formula is C14H12FN4O4S-. The number of nitrogens with two attached hydrogens (primary N) is 1. The van der Waals surface area contributed by atoms with E-state index in [4.69, 9.17) is 5.73 Å². The number of aromatic nitrogens is 2. The minimum Gasteiger partial charge on any atom is -0.549 e. The average Bonchev–Trinajstić information content (AvgIpc) is 2.51. The highest BCUT2D eigenvalue weighted by molar-refractivity contribution is 8.00. The number of rotatable bonds is 5. The Hall–Kier alpha value is -2.88. The Balaban J connectivity index is 2.26. The number of aromatic amines is 1. The van der Waals surface area contributed by atoms with Crippen LogP contribution in [0.2, 0.25) is 0 Å². The molecule has 1 atom stereocenters. The molecule has 0 spiro atoms. The standard InChI is InChI=1S/C14H13FN4O4S/c1-6(13(22)23)24-14-18-10(16)9(12(21)19-14)17-11(20)7-4-2-3-5-8(7)15/h2-6H,1H3,(H,17,20)(H,22,23)(H3,16,18,19,21)/p-1/t6-/m0/s1. The first-order valence-corrected chi connectivity index (χ1v) is 7.50. The lowest BCUT2D eigenvalue weighted by Crippen LogP contribution is -2.32. The smallest absolute Gasteiger partial charge is 0.277 e. The van der Waals surface area contributed by atoms with Crippen molar-refractivity contribution < 1.29 is 19.1 Å². The summed E-state index contributed by atoms with van der Waals surface area (Å²) in [5.74, 6) is -3.28. The largest absolute Gasteiger partial charge is 0.549 e. The van der Waals surface area contributed by atoms with Gasteiger partial charge in [-0.1, -0.05) is 23.9 Å². The second-order valence-electron chi connectivity index (χ2n) is 4.64. The Labute approximate surface area is 139 Å². The number of carbonyl (C=O) groups excluding carboxylic acids is 2. The van der Waals surface area contributed by atoms with Crippen LogP contribution < -0.4 is 21.7 Å². The third-order valence-electron chi connectivity index (χ3n) is 2.90. The van der Waals surface area contributed by atoms with Crippen LogP contribution in [0.25, 0.3) is 0 Å². The molecule has 1 heterocycles. The summed E-state index contributed by atoms with van der Waals surface area (Å²) < 4.78 is 13.6. The van der Waals surface area contributed by atoms with Gasteiger partial charge in [-0.05, 0) is 19.1 Å². The minimum atomic E-state index is -1.34. The molecule has 24 heavy (non-hydrogen) atoms. The highest BCUT2D eigenvalue weighted by atomic mass is 32.2. The number of nitrogens with zero attached hydrogens (tertiary/aromatic N) is 1. The van der Waals surface area contributed by atoms with Crippen LogP contribution in [0.1, 0.15) is 17.3 Å². The van der Waals surface area contributed by atoms with Crippen molar-refractivity contribution in [2.75, 3.05) is 11.1 Å². The summed E-state index contributed by atoms with van der Waals surface area (Å²) in [5.41, 5.74) is 4.21. The Bertz CT molecular complexity index is 855. The van der Waals surface area contributed by atoms with Crippen LogP contribution >= 0.6 is 11.8 Å². The first kappa shape index (κ1) is 17.5. The number of nitrogens with one attached hydrogen (secondary N) is 2. The van der Waals surface area contributed by atoms with Crippen LogP contribution in [0.5, 0.6) is 0 Å². The first-order chi connectivity index (χ1) is 11.3. The quantitative estimate of drug-likeness (QED) is 0.507. The van der Waals surface area contributed by atoms with Gasteiger partial charge >= 0.3 is 0 Å². The highest BCUT2D eigenvalue weighted by Crippen LogP contribution is 2.21. The summed E-state index contributed by atoms with van der Waals surface area (Å²) in [6.45, 7) is 1.35. The van der Waals surface area contributed by atoms with Crippen LogP contribution in [0, 0.1) is 5.82 Å². The molecule has 0 saturated heterocycles. The Morgan fingerprint density at radius 1 is 1.42 bits per heavy atom. The highest BCUT2D eigenvalue weighted by Gasteiger charge is 2.17. The number of carboxylic acid groups (broad SMARTS) is 1. The SMILES string of the molecule is C[C@H](Sc1nc(N)c(NC(=O)c2ccccc2F)c(=O)[nH]1)C(=O)[O-]. The maximum atomic E-state index is 13.6. The molecule has 0 aliphatic rings. The summed E-state index contributed by atoms with van der Waals surface area (Å²) in [4.78, 5) is 40.8. The first-order valence-electron chi connectivity index (χ1n) is 6.62. The summed E-state index contributed by atoms with van der Waals surface area (Å²) in [6, 6.07) is 5.22. The Morgan fingerprint density at radius 2 is 2.08 bits per heavy atom. The fourth-order valence-electron chi connectivity index (χ4n) is 1.69. The van der Waals surface area contributed by atoms with Crippen molar-refractivity contribution in [3.8, 4) is 0 Å². The second-order valence-corrected chi connectivity index (χ2v) is 5.97. The third-order valence-corrected chi connectivity index (χ3v) is 3.87. The topological polar surface area (TPSA) is 141 Å². The lowest BCUT2D eigenvalue weighted by molar-refractivity contribution is -0.304. The summed E-state index contributed by atoms with van der Waals surface area (Å²) in [7, 11) is 0. The number of amides is 1. The zero-order valence-electron chi connectivity index (χ0n) is 12.3. The average molecular weight is 351 g/mol. The number of carbonyl (C=O) groups is 2. The van der Waals surface area contributed by atoms with E-state index in [1.807, 2.05) is 0 Å². The number of halogens is 1. The number of hydrogen-bond donors (Lipinski definition) is 3. The van der Waals surface area contributed by atoms with Gasteiger partial charge in [0.25, 0.3) is 11.5 Å². The van der Waals surface area contributed by atoms with E-state index in [9.17, 15) is 23.9 Å². The molecular weight excluding hydrogens is 339 g/mol. The molecule has 1 aromatic heterocycles. The number of benzene rings is 1. The van der Waals surface area contributed by atoms with Gasteiger partial charge in [0.05, 0.1) is 11.5 Å². The minimum absolute atomic E-state index is 0.0434. The zero-order valence-corrected chi connectivity index (χ0v) is 13.1. The molecule has 2 rings (SSSR count). The molecule has 1 aromatic carbocycles. The second kappa shape index (κ2) is 7.13. The van der Waals surface area contributed by atoms with E-state index in [0.717, 1.165) is 17.8 Å². The number of H-pyrrole nitrogens is 1. The third kappa shape index (κ3) is 3.90. The van der Waals surface area contributed by atoms with E-state index in [1.165, 1.54) is 25.1 Å². The monoisotopic (exact) mass is 351 g/mol. The number of nitrogen functional groups attached to an aromatic ring is 1. The van der Waals surface area contributed by atoms with Gasteiger partial charge in [0.1, 0.15) is 11.5 Å². The van der Waals surface area contributed by atoms with Crippen molar-refractivity contribution >= 4 is 35.1 Å². The van der Waals surface area contributed by atoms with Gasteiger partial charge in [-0.2, -0.15) is 0 Å². The predicted molar refractivity (Wildman–Crippen MR) is 83.9 cm³/mol. The molecule has 126 valence electrons. The van der Waals surface area contributed by atoms with E-state index in [2.05, 4.69) is 15.3 Å². The number of hydrogen-bond acceptors (Lipinski definition) is 7. The molecule has 0 bridgehead atoms. The van der Waals surface area contributed by atoms with Gasteiger partial charge in [-0.15, -0.1) is 0 Å². The van der Waals surface area contributed by atoms with Gasteiger partial charge < -0.3 is 21.0 Å². The van der Waals surface area contributed by atoms with Gasteiger partial charge in [0.15, 0.2) is 11.0 Å². The van der Waals surface area contributed by atoms with Crippen LogP contribution in [0.4, 0.5) is 15.9 Å². The van der Waals surface area contributed by atoms with E-state index >= 15 is 0 Å². The van der Waals surface area contributed by atoms with Gasteiger partial charge in [0, 0.05) is 5.25 Å². The fourth-order valence-corrected chi connectivity index (χ4v) is 2.42. The fraction of sp³-hybridized carbons (Fsp3) is 0.143. The van der Waals surface area contributed by atoms with E-state index in [1.54, 1.807) is 0 Å². The molecule has 4 N–H and O–H groups in total. The molecule has 8 nitrogen and oxygen atoms in total. The van der Waals surface area contributed by atoms with E-state index < -0.39 is 28.5 Å². The molecule has 0 fully saturated rings. The van der Waals surface area contributed by atoms with Crippen molar-refractivity contribution in [2.45, 2.75) is 17.3 Å². The predicted octanol–water partition coefficient (Wildman–Crippen LogP) is -0.0260. The van der Waals surface area contributed by atoms with Crippen molar-refractivity contribution in [3.63, 3.8) is 0 Å². The maximum Gasteiger partial charge on any atom is 0.277 e. The van der Waals surface area contributed by atoms with Crippen molar-refractivity contribution in [1.82, 2.24) is 9.97 Å². The molecule has 2 aromatic rings. The maximum absolute atomic E-state index is 13.6. The number of thioether (sulfide) groups is 1. The molecule has 0 radical (unpaired) electrons. The van der Waals surface area contributed by atoms with Crippen LogP contribution in [0.3, 0.4) is 0 Å². The summed E-state index contributed by atoms with van der Waals surface area (Å²) in [5, 5.41) is 11.9. The van der Waals surface area contributed by atoms with Gasteiger partial charge in [0.2, 0.25) is 0 Å². The molecule has 10 heteroatoms. The normalized spacial score (nSPS) is 11.8. The van der Waals surface area contributed by atoms with E-state index in [-0.39, 0.29) is 22.2 Å². The Kier molecular flexibility index (Phi) is 5.19. The van der Waals surface area contributed by atoms with Crippen LogP contribution in [-0.4, -0.2) is 27.1 Å². The molecule has 0 aliphatic carbocycles. The van der Waals surface area contributed by atoms with Crippen molar-refractivity contribution in [2.24, 2.45) is 0 Å². The lowest BCUT2D eigenvalue weighted by atomic mass is 10.2. The number of carboxylic acids is 1. The molecule has 0 unspecified atom stereocenters. The molecule has 1 amide bonds. The van der Waals surface area contributed by atoms with Gasteiger partial charge in [-0.3, -0.25) is 14.6 Å².